The van der Waals surface area contributed by atoms with Gasteiger partial charge in [0, 0.05) is 28.5 Å². The predicted molar refractivity (Wildman–Crippen MR) is 120 cm³/mol. The quantitative estimate of drug-likeness (QED) is 0.605. The highest BCUT2D eigenvalue weighted by Crippen LogP contribution is 2.46. The van der Waals surface area contributed by atoms with Crippen LogP contribution >= 0.6 is 15.9 Å². The molecule has 1 aromatic carbocycles. The molecule has 1 saturated heterocycles. The maximum atomic E-state index is 12.6. The summed E-state index contributed by atoms with van der Waals surface area (Å²) >= 11 is 3.53. The Bertz CT molecular complexity index is 864. The van der Waals surface area contributed by atoms with Crippen molar-refractivity contribution in [3.63, 3.8) is 0 Å². The third kappa shape index (κ3) is 4.33. The first kappa shape index (κ1) is 21.5. The van der Waals surface area contributed by atoms with Crippen molar-refractivity contribution in [1.29, 1.82) is 0 Å². The van der Waals surface area contributed by atoms with Crippen molar-refractivity contribution in [3.8, 4) is 0 Å². The summed E-state index contributed by atoms with van der Waals surface area (Å²) in [6.45, 7) is 6.40. The van der Waals surface area contributed by atoms with Crippen molar-refractivity contribution in [2.45, 2.75) is 77.0 Å². The molecule has 1 saturated carbocycles. The molecule has 6 nitrogen and oxygen atoms in total. The van der Waals surface area contributed by atoms with Crippen molar-refractivity contribution in [1.82, 2.24) is 9.96 Å². The highest BCUT2D eigenvalue weighted by Gasteiger charge is 2.52. The molecule has 2 aliphatic carbocycles. The van der Waals surface area contributed by atoms with Crippen molar-refractivity contribution in [2.24, 2.45) is 11.7 Å². The van der Waals surface area contributed by atoms with Crippen LogP contribution in [0.15, 0.2) is 28.4 Å². The van der Waals surface area contributed by atoms with Gasteiger partial charge >= 0.3 is 6.09 Å². The number of carbonyl (C=O) groups excluding carboxylic acids is 1. The summed E-state index contributed by atoms with van der Waals surface area (Å²) in [7, 11) is 0. The summed E-state index contributed by atoms with van der Waals surface area (Å²) in [6.07, 6.45) is 5.19. The number of ether oxygens (including phenoxy) is 1. The third-order valence-corrected chi connectivity index (χ3v) is 6.84. The number of carbonyl (C=O) groups is 1. The topological polar surface area (TPSA) is 79.0 Å². The number of hydrogen-bond acceptors (Lipinski definition) is 5. The summed E-state index contributed by atoms with van der Waals surface area (Å²) in [5.74, 6) is 0.248. The van der Waals surface area contributed by atoms with Crippen LogP contribution in [0.25, 0.3) is 5.70 Å². The van der Waals surface area contributed by atoms with Gasteiger partial charge in [0.15, 0.2) is 0 Å². The van der Waals surface area contributed by atoms with E-state index in [0.29, 0.717) is 5.70 Å². The van der Waals surface area contributed by atoms with Gasteiger partial charge in [-0.25, -0.2) is 4.79 Å². The molecule has 30 heavy (non-hydrogen) atoms. The minimum Gasteiger partial charge on any atom is -0.444 e. The molecule has 3 atom stereocenters. The maximum Gasteiger partial charge on any atom is 0.410 e. The number of likely N-dealkylation sites (tertiary alicyclic amines) is 1. The van der Waals surface area contributed by atoms with Crippen LogP contribution < -0.4 is 5.73 Å². The van der Waals surface area contributed by atoms with Gasteiger partial charge in [-0.2, -0.15) is 0 Å². The van der Waals surface area contributed by atoms with E-state index < -0.39 is 5.60 Å². The molecule has 1 amide bonds. The van der Waals surface area contributed by atoms with E-state index in [4.69, 9.17) is 10.5 Å². The number of allylic oxidation sites excluding steroid dienone is 1. The van der Waals surface area contributed by atoms with Crippen molar-refractivity contribution in [2.75, 3.05) is 6.54 Å². The monoisotopic (exact) mass is 477 g/mol. The number of hydrogen-bond donors (Lipinski definition) is 2. The van der Waals surface area contributed by atoms with Gasteiger partial charge in [0.1, 0.15) is 5.60 Å². The normalized spacial score (nSPS) is 26.3. The van der Waals surface area contributed by atoms with Crippen LogP contribution in [0, 0.1) is 5.92 Å². The number of halogens is 1. The minimum atomic E-state index is -0.502. The van der Waals surface area contributed by atoms with E-state index in [1.165, 1.54) is 10.6 Å². The minimum absolute atomic E-state index is 0.00332. The average Bonchev–Trinajstić information content (AvgIpc) is 3.33. The van der Waals surface area contributed by atoms with E-state index in [-0.39, 0.29) is 24.1 Å². The fourth-order valence-corrected chi connectivity index (χ4v) is 5.29. The number of hydroxylamine groups is 2. The van der Waals surface area contributed by atoms with Gasteiger partial charge in [0.2, 0.25) is 0 Å². The zero-order chi connectivity index (χ0) is 21.6. The second-order valence-electron chi connectivity index (χ2n) is 9.71. The number of benzene rings is 1. The van der Waals surface area contributed by atoms with E-state index in [9.17, 15) is 10.0 Å². The maximum absolute atomic E-state index is 12.6. The number of nitrogens with two attached hydrogens (primary N) is 1. The number of nitrogens with zero attached hydrogens (tertiary/aromatic N) is 2. The molecule has 0 aromatic heterocycles. The Morgan fingerprint density at radius 2 is 2.07 bits per heavy atom. The predicted octanol–water partition coefficient (Wildman–Crippen LogP) is 4.89. The lowest BCUT2D eigenvalue weighted by molar-refractivity contribution is -0.0732. The number of fused-ring (bicyclic) bond motifs is 1. The van der Waals surface area contributed by atoms with E-state index in [1.807, 2.05) is 37.8 Å². The third-order valence-electron chi connectivity index (χ3n) is 6.34. The van der Waals surface area contributed by atoms with Gasteiger partial charge in [0.05, 0.1) is 17.4 Å². The Hall–Kier alpha value is -1.73. The van der Waals surface area contributed by atoms with Crippen LogP contribution in [0.3, 0.4) is 0 Å². The Balaban J connectivity index is 1.49. The molecule has 7 heteroatoms. The Morgan fingerprint density at radius 3 is 2.80 bits per heavy atom. The lowest BCUT2D eigenvalue weighted by Crippen LogP contribution is -2.42. The van der Waals surface area contributed by atoms with E-state index in [1.54, 1.807) is 0 Å². The van der Waals surface area contributed by atoms with E-state index in [2.05, 4.69) is 22.0 Å². The second-order valence-corrected chi connectivity index (χ2v) is 10.6. The van der Waals surface area contributed by atoms with Gasteiger partial charge in [-0.15, -0.1) is 0 Å². The largest absolute Gasteiger partial charge is 0.444 e. The van der Waals surface area contributed by atoms with E-state index >= 15 is 0 Å². The summed E-state index contributed by atoms with van der Waals surface area (Å²) in [4.78, 5) is 14.5. The Labute approximate surface area is 187 Å². The molecule has 4 rings (SSSR count). The fraction of sp³-hybridized carbons (Fsp3) is 0.609. The van der Waals surface area contributed by atoms with Crippen molar-refractivity contribution in [3.05, 3.63) is 39.5 Å². The second kappa shape index (κ2) is 8.08. The number of rotatable bonds is 3. The zero-order valence-corrected chi connectivity index (χ0v) is 19.6. The standard InChI is InChI=1S/C23H32BrN3O3/c1-23(2,3)30-22(28)26-11-5-8-18(26)17-13-20(17)27(29)19-7-4-6-14-12-15(24)9-10-16(14)21(19)25/h9-10,12,17-18,20,29H,4-8,11,13,25H2,1-3H3/t17?,18-,20?/m0/s1. The molecule has 2 fully saturated rings. The summed E-state index contributed by atoms with van der Waals surface area (Å²) in [6, 6.07) is 6.26. The lowest BCUT2D eigenvalue weighted by atomic mass is 10.0. The zero-order valence-electron chi connectivity index (χ0n) is 18.0. The molecule has 3 N–H and O–H groups in total. The van der Waals surface area contributed by atoms with Crippen molar-refractivity contribution >= 4 is 27.7 Å². The van der Waals surface area contributed by atoms with Crippen LogP contribution in [0.2, 0.25) is 0 Å². The lowest BCUT2D eigenvalue weighted by Gasteiger charge is -2.30. The average molecular weight is 478 g/mol. The van der Waals surface area contributed by atoms with Crippen LogP contribution in [-0.4, -0.2) is 45.5 Å². The highest BCUT2D eigenvalue weighted by molar-refractivity contribution is 9.10. The molecular formula is C23H32BrN3O3. The van der Waals surface area contributed by atoms with Crippen LogP contribution in [0.1, 0.15) is 64.0 Å². The molecule has 3 aliphatic rings. The van der Waals surface area contributed by atoms with Crippen LogP contribution in [0.4, 0.5) is 4.79 Å². The van der Waals surface area contributed by atoms with Crippen LogP contribution in [-0.2, 0) is 11.2 Å². The molecule has 0 bridgehead atoms. The first-order chi connectivity index (χ1) is 14.2. The van der Waals surface area contributed by atoms with Crippen LogP contribution in [0.5, 0.6) is 0 Å². The number of amides is 1. The van der Waals surface area contributed by atoms with Gasteiger partial charge in [-0.05, 0) is 77.0 Å². The van der Waals surface area contributed by atoms with Gasteiger partial charge in [0.25, 0.3) is 0 Å². The van der Waals surface area contributed by atoms with E-state index in [0.717, 1.165) is 60.8 Å². The van der Waals surface area contributed by atoms with Gasteiger partial charge < -0.3 is 15.4 Å². The summed E-state index contributed by atoms with van der Waals surface area (Å²) < 4.78 is 6.65. The first-order valence-electron chi connectivity index (χ1n) is 10.9. The molecule has 1 aliphatic heterocycles. The molecule has 0 spiro atoms. The highest BCUT2D eigenvalue weighted by atomic mass is 79.9. The molecule has 1 heterocycles. The molecule has 1 aromatic rings. The molecule has 2 unspecified atom stereocenters. The van der Waals surface area contributed by atoms with Gasteiger partial charge in [-0.3, -0.25) is 10.3 Å². The Morgan fingerprint density at radius 1 is 1.30 bits per heavy atom. The number of aryl methyl sites for hydroxylation is 1. The molecular weight excluding hydrogens is 446 g/mol. The molecule has 164 valence electrons. The Kier molecular flexibility index (Phi) is 5.79. The SMILES string of the molecule is CC(C)(C)OC(=O)N1CCC[C@H]1C1CC1N(O)C1=C(N)c2ccc(Br)cc2CCC1. The smallest absolute Gasteiger partial charge is 0.410 e. The van der Waals surface area contributed by atoms with Crippen molar-refractivity contribution < 1.29 is 14.7 Å². The summed E-state index contributed by atoms with van der Waals surface area (Å²) in [5, 5.41) is 12.5. The fourth-order valence-electron chi connectivity index (χ4n) is 4.89. The summed E-state index contributed by atoms with van der Waals surface area (Å²) in [5.41, 5.74) is 9.73. The first-order valence-corrected chi connectivity index (χ1v) is 11.7. The van der Waals surface area contributed by atoms with Gasteiger partial charge in [-0.1, -0.05) is 22.0 Å². The molecule has 0 radical (unpaired) electrons.